The lowest BCUT2D eigenvalue weighted by molar-refractivity contribution is 0.196. The Hall–Kier alpha value is -0.410. The van der Waals surface area contributed by atoms with E-state index in [1.807, 2.05) is 6.20 Å². The van der Waals surface area contributed by atoms with Crippen molar-refractivity contribution in [2.24, 2.45) is 5.92 Å². The summed E-state index contributed by atoms with van der Waals surface area (Å²) in [5.41, 5.74) is 1.18. The normalized spacial score (nSPS) is 21.9. The van der Waals surface area contributed by atoms with Crippen LogP contribution in [0.1, 0.15) is 32.4 Å². The quantitative estimate of drug-likeness (QED) is 0.844. The van der Waals surface area contributed by atoms with Crippen molar-refractivity contribution < 1.29 is 0 Å². The van der Waals surface area contributed by atoms with Crippen LogP contribution < -0.4 is 0 Å². The highest BCUT2D eigenvalue weighted by molar-refractivity contribution is 9.10. The summed E-state index contributed by atoms with van der Waals surface area (Å²) >= 11 is 3.42. The SMILES string of the molecule is CC(C)C1CCCN1Cc1ccc(Br)cn1. The molecule has 1 aromatic heterocycles. The predicted molar refractivity (Wildman–Crippen MR) is 70.2 cm³/mol. The first-order valence-electron chi connectivity index (χ1n) is 6.01. The van der Waals surface area contributed by atoms with E-state index >= 15 is 0 Å². The fourth-order valence-corrected chi connectivity index (χ4v) is 2.75. The maximum Gasteiger partial charge on any atom is 0.0544 e. The van der Waals surface area contributed by atoms with Crippen molar-refractivity contribution in [1.29, 1.82) is 0 Å². The lowest BCUT2D eigenvalue weighted by Gasteiger charge is -2.27. The van der Waals surface area contributed by atoms with Gasteiger partial charge in [0, 0.05) is 23.3 Å². The molecule has 0 saturated carbocycles. The third kappa shape index (κ3) is 2.83. The molecule has 1 unspecified atom stereocenters. The molecule has 1 aliphatic rings. The minimum Gasteiger partial charge on any atom is -0.294 e. The van der Waals surface area contributed by atoms with Gasteiger partial charge < -0.3 is 0 Å². The van der Waals surface area contributed by atoms with Crippen LogP contribution in [0.2, 0.25) is 0 Å². The Morgan fingerprint density at radius 3 is 2.94 bits per heavy atom. The van der Waals surface area contributed by atoms with Crippen LogP contribution in [0.25, 0.3) is 0 Å². The molecule has 0 amide bonds. The Morgan fingerprint density at radius 2 is 2.31 bits per heavy atom. The zero-order valence-electron chi connectivity index (χ0n) is 9.99. The van der Waals surface area contributed by atoms with Gasteiger partial charge in [-0.05, 0) is 53.4 Å². The van der Waals surface area contributed by atoms with Crippen molar-refractivity contribution in [3.8, 4) is 0 Å². The molecule has 1 saturated heterocycles. The van der Waals surface area contributed by atoms with Crippen molar-refractivity contribution in [2.45, 2.75) is 39.3 Å². The van der Waals surface area contributed by atoms with Crippen LogP contribution in [-0.2, 0) is 6.54 Å². The number of likely N-dealkylation sites (tertiary alicyclic amines) is 1. The molecule has 0 N–H and O–H groups in total. The summed E-state index contributed by atoms with van der Waals surface area (Å²) in [7, 11) is 0. The van der Waals surface area contributed by atoms with E-state index in [0.29, 0.717) is 0 Å². The monoisotopic (exact) mass is 282 g/mol. The fraction of sp³-hybridized carbons (Fsp3) is 0.615. The molecule has 0 radical (unpaired) electrons. The number of halogens is 1. The van der Waals surface area contributed by atoms with Crippen LogP contribution >= 0.6 is 15.9 Å². The first kappa shape index (κ1) is 12.1. The molecular formula is C13H19BrN2. The number of hydrogen-bond acceptors (Lipinski definition) is 2. The molecule has 16 heavy (non-hydrogen) atoms. The van der Waals surface area contributed by atoms with E-state index in [9.17, 15) is 0 Å². The topological polar surface area (TPSA) is 16.1 Å². The first-order valence-corrected chi connectivity index (χ1v) is 6.80. The Kier molecular flexibility index (Phi) is 3.98. The first-order chi connectivity index (χ1) is 7.66. The third-order valence-corrected chi connectivity index (χ3v) is 3.81. The van der Waals surface area contributed by atoms with Crippen molar-refractivity contribution >= 4 is 15.9 Å². The molecule has 2 nitrogen and oxygen atoms in total. The molecule has 0 spiro atoms. The number of aromatic nitrogens is 1. The molecular weight excluding hydrogens is 264 g/mol. The molecule has 0 aliphatic carbocycles. The Balaban J connectivity index is 2.01. The number of nitrogens with zero attached hydrogens (tertiary/aromatic N) is 2. The molecule has 3 heteroatoms. The zero-order chi connectivity index (χ0) is 11.5. The number of hydrogen-bond donors (Lipinski definition) is 0. The van der Waals surface area contributed by atoms with Gasteiger partial charge in [0.15, 0.2) is 0 Å². The van der Waals surface area contributed by atoms with Crippen LogP contribution in [0, 0.1) is 5.92 Å². The summed E-state index contributed by atoms with van der Waals surface area (Å²) in [6.07, 6.45) is 4.56. The molecule has 2 heterocycles. The average molecular weight is 283 g/mol. The van der Waals surface area contributed by atoms with Gasteiger partial charge in [-0.1, -0.05) is 13.8 Å². The maximum absolute atomic E-state index is 4.45. The smallest absolute Gasteiger partial charge is 0.0544 e. The van der Waals surface area contributed by atoms with Gasteiger partial charge >= 0.3 is 0 Å². The summed E-state index contributed by atoms with van der Waals surface area (Å²) in [4.78, 5) is 7.02. The second-order valence-corrected chi connectivity index (χ2v) is 5.81. The van der Waals surface area contributed by atoms with Crippen LogP contribution in [-0.4, -0.2) is 22.5 Å². The molecule has 0 bridgehead atoms. The second kappa shape index (κ2) is 5.28. The molecule has 1 aliphatic heterocycles. The fourth-order valence-electron chi connectivity index (χ4n) is 2.51. The Bertz CT molecular complexity index is 334. The van der Waals surface area contributed by atoms with Crippen LogP contribution in [0.3, 0.4) is 0 Å². The van der Waals surface area contributed by atoms with E-state index < -0.39 is 0 Å². The lowest BCUT2D eigenvalue weighted by atomic mass is 10.0. The van der Waals surface area contributed by atoms with Gasteiger partial charge in [-0.25, -0.2) is 0 Å². The van der Waals surface area contributed by atoms with E-state index in [-0.39, 0.29) is 0 Å². The van der Waals surface area contributed by atoms with Gasteiger partial charge in [0.1, 0.15) is 0 Å². The molecule has 2 rings (SSSR count). The van der Waals surface area contributed by atoms with E-state index in [0.717, 1.165) is 23.0 Å². The van der Waals surface area contributed by atoms with E-state index in [4.69, 9.17) is 0 Å². The van der Waals surface area contributed by atoms with Gasteiger partial charge in [0.2, 0.25) is 0 Å². The van der Waals surface area contributed by atoms with E-state index in [1.54, 1.807) is 0 Å². The van der Waals surface area contributed by atoms with E-state index in [1.165, 1.54) is 25.1 Å². The maximum atomic E-state index is 4.45. The summed E-state index contributed by atoms with van der Waals surface area (Å²) in [6.45, 7) is 6.85. The predicted octanol–water partition coefficient (Wildman–Crippen LogP) is 3.46. The van der Waals surface area contributed by atoms with Gasteiger partial charge in [-0.15, -0.1) is 0 Å². The highest BCUT2D eigenvalue weighted by Crippen LogP contribution is 2.25. The Labute approximate surface area is 106 Å². The van der Waals surface area contributed by atoms with Gasteiger partial charge in [0.25, 0.3) is 0 Å². The lowest BCUT2D eigenvalue weighted by Crippen LogP contribution is -2.33. The standard InChI is InChI=1S/C13H19BrN2/c1-10(2)13-4-3-7-16(13)9-12-6-5-11(14)8-15-12/h5-6,8,10,13H,3-4,7,9H2,1-2H3. The van der Waals surface area contributed by atoms with Crippen molar-refractivity contribution in [3.63, 3.8) is 0 Å². The summed E-state index contributed by atoms with van der Waals surface area (Å²) in [6, 6.07) is 4.92. The third-order valence-electron chi connectivity index (χ3n) is 3.34. The molecule has 1 atom stereocenters. The summed E-state index contributed by atoms with van der Waals surface area (Å²) < 4.78 is 1.05. The highest BCUT2D eigenvalue weighted by Gasteiger charge is 2.26. The van der Waals surface area contributed by atoms with Crippen LogP contribution in [0.15, 0.2) is 22.8 Å². The molecule has 88 valence electrons. The van der Waals surface area contributed by atoms with Crippen LogP contribution in [0.4, 0.5) is 0 Å². The highest BCUT2D eigenvalue weighted by atomic mass is 79.9. The number of pyridine rings is 1. The molecule has 1 fully saturated rings. The van der Waals surface area contributed by atoms with Gasteiger partial charge in [0.05, 0.1) is 5.69 Å². The van der Waals surface area contributed by atoms with Gasteiger partial charge in [-0.3, -0.25) is 9.88 Å². The number of rotatable bonds is 3. The van der Waals surface area contributed by atoms with Crippen molar-refractivity contribution in [2.75, 3.05) is 6.54 Å². The second-order valence-electron chi connectivity index (χ2n) is 4.89. The van der Waals surface area contributed by atoms with Gasteiger partial charge in [-0.2, -0.15) is 0 Å². The average Bonchev–Trinajstić information content (AvgIpc) is 2.69. The summed E-state index contributed by atoms with van der Waals surface area (Å²) in [5.74, 6) is 0.748. The largest absolute Gasteiger partial charge is 0.294 e. The molecule has 1 aromatic rings. The van der Waals surface area contributed by atoms with Crippen molar-refractivity contribution in [3.05, 3.63) is 28.5 Å². The van der Waals surface area contributed by atoms with Crippen molar-refractivity contribution in [1.82, 2.24) is 9.88 Å². The Morgan fingerprint density at radius 1 is 1.50 bits per heavy atom. The minimum absolute atomic E-state index is 0.741. The van der Waals surface area contributed by atoms with E-state index in [2.05, 4.69) is 51.8 Å². The van der Waals surface area contributed by atoms with Crippen LogP contribution in [0.5, 0.6) is 0 Å². The summed E-state index contributed by atoms with van der Waals surface area (Å²) in [5, 5.41) is 0. The molecule has 0 aromatic carbocycles. The zero-order valence-corrected chi connectivity index (χ0v) is 11.6. The minimum atomic E-state index is 0.741.